The van der Waals surface area contributed by atoms with E-state index < -0.39 is 0 Å². The van der Waals surface area contributed by atoms with E-state index in [2.05, 4.69) is 19.9 Å². The van der Waals surface area contributed by atoms with E-state index in [4.69, 9.17) is 9.47 Å². The molecular weight excluding hydrogens is 324 g/mol. The first-order valence-electron chi connectivity index (χ1n) is 10.1. The molecule has 26 heavy (non-hydrogen) atoms. The van der Waals surface area contributed by atoms with Crippen LogP contribution in [0.1, 0.15) is 69.2 Å². The zero-order valence-electron chi connectivity index (χ0n) is 16.2. The van der Waals surface area contributed by atoms with Crippen LogP contribution in [0.3, 0.4) is 0 Å². The molecule has 1 aromatic rings. The van der Waals surface area contributed by atoms with Crippen molar-refractivity contribution in [1.82, 2.24) is 0 Å². The smallest absolute Gasteiger partial charge is 0.162 e. The minimum Gasteiger partial charge on any atom is -0.353 e. The summed E-state index contributed by atoms with van der Waals surface area (Å²) in [6.45, 7) is 5.30. The maximum Gasteiger partial charge on any atom is 0.162 e. The number of benzene rings is 1. The Morgan fingerprint density at radius 3 is 2.77 bits per heavy atom. The van der Waals surface area contributed by atoms with E-state index in [1.807, 2.05) is 30.3 Å². The fourth-order valence-corrected chi connectivity index (χ4v) is 4.05. The van der Waals surface area contributed by atoms with Crippen LogP contribution in [0.2, 0.25) is 0 Å². The Bertz CT molecular complexity index is 607. The summed E-state index contributed by atoms with van der Waals surface area (Å²) in [6, 6.07) is 9.54. The predicted octanol–water partition coefficient (Wildman–Crippen LogP) is 5.55. The van der Waals surface area contributed by atoms with Crippen molar-refractivity contribution in [2.45, 2.75) is 71.2 Å². The molecule has 0 spiro atoms. The number of ketones is 1. The van der Waals surface area contributed by atoms with Crippen LogP contribution in [0, 0.1) is 11.8 Å². The summed E-state index contributed by atoms with van der Waals surface area (Å²) in [5.74, 6) is 1.55. The maximum absolute atomic E-state index is 12.3. The Morgan fingerprint density at radius 2 is 2.04 bits per heavy atom. The Balaban J connectivity index is 1.43. The third kappa shape index (κ3) is 5.52. The van der Waals surface area contributed by atoms with Crippen LogP contribution in [0.4, 0.5) is 0 Å². The van der Waals surface area contributed by atoms with Crippen molar-refractivity contribution in [2.75, 3.05) is 6.61 Å². The quantitative estimate of drug-likeness (QED) is 0.474. The molecule has 1 heterocycles. The van der Waals surface area contributed by atoms with Gasteiger partial charge in [-0.25, -0.2) is 0 Å². The molecular formula is C23H32O3. The van der Waals surface area contributed by atoms with Gasteiger partial charge in [0.05, 0.1) is 12.7 Å². The lowest BCUT2D eigenvalue weighted by Gasteiger charge is -2.34. The molecule has 3 nitrogen and oxygen atoms in total. The number of hydrogen-bond acceptors (Lipinski definition) is 3. The van der Waals surface area contributed by atoms with Crippen molar-refractivity contribution in [3.8, 4) is 0 Å². The second kappa shape index (κ2) is 9.48. The molecule has 142 valence electrons. The van der Waals surface area contributed by atoms with Crippen molar-refractivity contribution >= 4 is 5.78 Å². The van der Waals surface area contributed by atoms with E-state index in [0.717, 1.165) is 37.4 Å². The summed E-state index contributed by atoms with van der Waals surface area (Å²) in [7, 11) is 0. The molecule has 1 saturated heterocycles. The summed E-state index contributed by atoms with van der Waals surface area (Å²) < 4.78 is 12.0. The van der Waals surface area contributed by atoms with Crippen molar-refractivity contribution in [2.24, 2.45) is 11.8 Å². The van der Waals surface area contributed by atoms with Crippen LogP contribution in [-0.4, -0.2) is 24.8 Å². The van der Waals surface area contributed by atoms with Crippen molar-refractivity contribution in [3.63, 3.8) is 0 Å². The molecule has 0 amide bonds. The molecule has 0 bridgehead atoms. The van der Waals surface area contributed by atoms with Crippen molar-refractivity contribution in [3.05, 3.63) is 47.5 Å². The van der Waals surface area contributed by atoms with Gasteiger partial charge in [-0.15, -0.1) is 0 Å². The van der Waals surface area contributed by atoms with Gasteiger partial charge in [0.1, 0.15) is 0 Å². The Kier molecular flexibility index (Phi) is 7.04. The lowest BCUT2D eigenvalue weighted by atomic mass is 9.80. The van der Waals surface area contributed by atoms with E-state index in [1.54, 1.807) is 0 Å². The molecule has 1 aliphatic heterocycles. The molecule has 0 N–H and O–H groups in total. The van der Waals surface area contributed by atoms with E-state index in [1.165, 1.54) is 24.8 Å². The molecule has 0 aromatic heterocycles. The minimum atomic E-state index is -0.109. The van der Waals surface area contributed by atoms with Gasteiger partial charge in [-0.3, -0.25) is 4.79 Å². The fourth-order valence-electron chi connectivity index (χ4n) is 4.05. The van der Waals surface area contributed by atoms with Crippen molar-refractivity contribution < 1.29 is 14.3 Å². The molecule has 2 aliphatic rings. The van der Waals surface area contributed by atoms with Gasteiger partial charge in [-0.2, -0.15) is 0 Å². The number of carbonyl (C=O) groups excluding carboxylic acids is 1. The van der Waals surface area contributed by atoms with Crippen LogP contribution in [-0.2, 0) is 9.47 Å². The zero-order chi connectivity index (χ0) is 18.4. The molecule has 3 heteroatoms. The van der Waals surface area contributed by atoms with Crippen LogP contribution < -0.4 is 0 Å². The van der Waals surface area contributed by atoms with Gasteiger partial charge in [-0.05, 0) is 50.9 Å². The average Bonchev–Trinajstić information content (AvgIpc) is 2.67. The first kappa shape index (κ1) is 19.3. The third-order valence-electron chi connectivity index (χ3n) is 5.92. The lowest BCUT2D eigenvalue weighted by Crippen LogP contribution is -2.34. The lowest BCUT2D eigenvalue weighted by molar-refractivity contribution is -0.221. The third-order valence-corrected chi connectivity index (χ3v) is 5.92. The molecule has 0 radical (unpaired) electrons. The number of hydrogen-bond donors (Lipinski definition) is 0. The second-order valence-electron chi connectivity index (χ2n) is 7.97. The monoisotopic (exact) mass is 356 g/mol. The number of carbonyl (C=O) groups is 1. The Morgan fingerprint density at radius 1 is 1.23 bits per heavy atom. The van der Waals surface area contributed by atoms with Crippen molar-refractivity contribution in [1.29, 1.82) is 0 Å². The fraction of sp³-hybridized carbons (Fsp3) is 0.609. The standard InChI is InChI=1S/C23H32O3/c1-17-8-10-19(11-9-17)18(2)16-23-25-15-14-21(26-23)12-13-22(24)20-6-4-3-5-7-20/h3-8,18-19,21,23H,9-16H2,1-2H3. The molecule has 4 atom stereocenters. The predicted molar refractivity (Wildman–Crippen MR) is 104 cm³/mol. The number of rotatable bonds is 7. The van der Waals surface area contributed by atoms with Gasteiger partial charge >= 0.3 is 0 Å². The van der Waals surface area contributed by atoms with E-state index in [-0.39, 0.29) is 18.2 Å². The maximum atomic E-state index is 12.3. The SMILES string of the molecule is CC1=CCC(C(C)CC2OCCC(CCC(=O)c3ccccc3)O2)CC1. The van der Waals surface area contributed by atoms with Crippen LogP contribution >= 0.6 is 0 Å². The first-order valence-corrected chi connectivity index (χ1v) is 10.1. The van der Waals surface area contributed by atoms with Gasteiger partial charge in [-0.1, -0.05) is 48.9 Å². The van der Waals surface area contributed by atoms with Gasteiger partial charge in [0.25, 0.3) is 0 Å². The number of allylic oxidation sites excluding steroid dienone is 2. The van der Waals surface area contributed by atoms with E-state index in [9.17, 15) is 4.79 Å². The normalized spacial score (nSPS) is 27.6. The number of Topliss-reactive ketones (excluding diaryl/α,β-unsaturated/α-hetero) is 1. The molecule has 4 unspecified atom stereocenters. The van der Waals surface area contributed by atoms with Gasteiger partial charge in [0.2, 0.25) is 0 Å². The first-order chi connectivity index (χ1) is 12.6. The van der Waals surface area contributed by atoms with E-state index in [0.29, 0.717) is 12.3 Å². The summed E-state index contributed by atoms with van der Waals surface area (Å²) in [5, 5.41) is 0. The summed E-state index contributed by atoms with van der Waals surface area (Å²) in [5.41, 5.74) is 2.33. The van der Waals surface area contributed by atoms with Gasteiger partial charge < -0.3 is 9.47 Å². The topological polar surface area (TPSA) is 35.5 Å². The largest absolute Gasteiger partial charge is 0.353 e. The van der Waals surface area contributed by atoms with Gasteiger partial charge in [0.15, 0.2) is 12.1 Å². The average molecular weight is 357 g/mol. The molecule has 0 saturated carbocycles. The highest BCUT2D eigenvalue weighted by Gasteiger charge is 2.28. The zero-order valence-corrected chi connectivity index (χ0v) is 16.2. The highest BCUT2D eigenvalue weighted by Crippen LogP contribution is 2.33. The highest BCUT2D eigenvalue weighted by atomic mass is 16.7. The number of ether oxygens (including phenoxy) is 2. The summed E-state index contributed by atoms with van der Waals surface area (Å²) in [6.07, 6.45) is 9.30. The van der Waals surface area contributed by atoms with Gasteiger partial charge in [0, 0.05) is 18.4 Å². The van der Waals surface area contributed by atoms with E-state index >= 15 is 0 Å². The molecule has 1 fully saturated rings. The second-order valence-corrected chi connectivity index (χ2v) is 7.97. The Hall–Kier alpha value is -1.45. The van der Waals surface area contributed by atoms with Crippen LogP contribution in [0.5, 0.6) is 0 Å². The molecule has 1 aromatic carbocycles. The molecule has 1 aliphatic carbocycles. The minimum absolute atomic E-state index is 0.109. The highest BCUT2D eigenvalue weighted by molar-refractivity contribution is 5.95. The molecule has 3 rings (SSSR count). The summed E-state index contributed by atoms with van der Waals surface area (Å²) in [4.78, 5) is 12.3. The Labute approximate surface area is 157 Å². The summed E-state index contributed by atoms with van der Waals surface area (Å²) >= 11 is 0. The van der Waals surface area contributed by atoms with Crippen LogP contribution in [0.15, 0.2) is 42.0 Å². The van der Waals surface area contributed by atoms with Crippen LogP contribution in [0.25, 0.3) is 0 Å².